The van der Waals surface area contributed by atoms with Crippen LogP contribution in [0.5, 0.6) is 5.75 Å². The van der Waals surface area contributed by atoms with E-state index in [0.29, 0.717) is 10.6 Å². The second-order valence-corrected chi connectivity index (χ2v) is 4.67. The molecule has 0 atom stereocenters. The third-order valence-electron chi connectivity index (χ3n) is 2.81. The van der Waals surface area contributed by atoms with Crippen LogP contribution in [0, 0.1) is 15.9 Å². The SMILES string of the molecule is O=[N+]([O-])c1ccc(Cl)cc1COc1ccc(F)cc1CO. The molecule has 2 aromatic rings. The Morgan fingerprint density at radius 1 is 1.24 bits per heavy atom. The molecule has 0 aliphatic rings. The highest BCUT2D eigenvalue weighted by Gasteiger charge is 2.15. The predicted molar refractivity (Wildman–Crippen MR) is 74.8 cm³/mol. The molecule has 0 radical (unpaired) electrons. The molecule has 0 saturated carbocycles. The van der Waals surface area contributed by atoms with E-state index in [1.165, 1.54) is 30.3 Å². The maximum atomic E-state index is 13.0. The molecule has 0 aromatic heterocycles. The van der Waals surface area contributed by atoms with Crippen LogP contribution < -0.4 is 4.74 Å². The first-order chi connectivity index (χ1) is 10.0. The molecule has 0 bridgehead atoms. The lowest BCUT2D eigenvalue weighted by Crippen LogP contribution is -2.02. The maximum Gasteiger partial charge on any atom is 0.276 e. The third kappa shape index (κ3) is 3.68. The number of nitrogens with zero attached hydrogens (tertiary/aromatic N) is 1. The van der Waals surface area contributed by atoms with Gasteiger partial charge in [0.25, 0.3) is 5.69 Å². The van der Waals surface area contributed by atoms with E-state index in [4.69, 9.17) is 21.4 Å². The van der Waals surface area contributed by atoms with Crippen molar-refractivity contribution in [2.45, 2.75) is 13.2 Å². The summed E-state index contributed by atoms with van der Waals surface area (Å²) in [5.41, 5.74) is 0.437. The minimum atomic E-state index is -0.535. The van der Waals surface area contributed by atoms with Gasteiger partial charge in [-0.05, 0) is 30.3 Å². The van der Waals surface area contributed by atoms with Crippen molar-refractivity contribution >= 4 is 17.3 Å². The third-order valence-corrected chi connectivity index (χ3v) is 3.05. The number of rotatable bonds is 5. The van der Waals surface area contributed by atoms with Crippen molar-refractivity contribution in [3.8, 4) is 5.75 Å². The zero-order valence-corrected chi connectivity index (χ0v) is 11.5. The summed E-state index contributed by atoms with van der Waals surface area (Å²) in [6.07, 6.45) is 0. The highest BCUT2D eigenvalue weighted by molar-refractivity contribution is 6.30. The fraction of sp³-hybridized carbons (Fsp3) is 0.143. The molecule has 2 rings (SSSR count). The van der Waals surface area contributed by atoms with E-state index in [2.05, 4.69) is 0 Å². The molecule has 2 aromatic carbocycles. The number of hydrogen-bond acceptors (Lipinski definition) is 4. The smallest absolute Gasteiger partial charge is 0.276 e. The molecule has 0 spiro atoms. The molecule has 0 saturated heterocycles. The summed E-state index contributed by atoms with van der Waals surface area (Å²) in [7, 11) is 0. The number of hydrogen-bond donors (Lipinski definition) is 1. The number of halogens is 2. The Balaban J connectivity index is 2.24. The quantitative estimate of drug-likeness (QED) is 0.678. The van der Waals surface area contributed by atoms with Gasteiger partial charge in [-0.2, -0.15) is 0 Å². The maximum absolute atomic E-state index is 13.0. The van der Waals surface area contributed by atoms with Gasteiger partial charge in [-0.1, -0.05) is 11.6 Å². The van der Waals surface area contributed by atoms with Crippen LogP contribution in [0.3, 0.4) is 0 Å². The van der Waals surface area contributed by atoms with Crippen LogP contribution in [0.25, 0.3) is 0 Å². The monoisotopic (exact) mass is 311 g/mol. The summed E-state index contributed by atoms with van der Waals surface area (Å²) in [6.45, 7) is -0.514. The normalized spacial score (nSPS) is 10.4. The Bertz CT molecular complexity index is 678. The minimum Gasteiger partial charge on any atom is -0.488 e. The standard InChI is InChI=1S/C14H11ClFNO4/c15-11-1-3-13(17(19)20)10(5-11)8-21-14-4-2-12(16)6-9(14)7-18/h1-6,18H,7-8H2. The van der Waals surface area contributed by atoms with Gasteiger partial charge in [-0.3, -0.25) is 10.1 Å². The zero-order valence-electron chi connectivity index (χ0n) is 10.8. The molecular formula is C14H11ClFNO4. The molecule has 0 heterocycles. The number of benzene rings is 2. The molecule has 110 valence electrons. The van der Waals surface area contributed by atoms with Crippen LogP contribution >= 0.6 is 11.6 Å². The van der Waals surface area contributed by atoms with E-state index in [0.717, 1.165) is 6.07 Å². The lowest BCUT2D eigenvalue weighted by atomic mass is 10.2. The number of nitro benzene ring substituents is 1. The molecule has 5 nitrogen and oxygen atoms in total. The van der Waals surface area contributed by atoms with Crippen molar-refractivity contribution in [3.05, 3.63) is 68.5 Å². The molecule has 1 N–H and O–H groups in total. The molecule has 0 fully saturated rings. The number of aliphatic hydroxyl groups is 1. The lowest BCUT2D eigenvalue weighted by molar-refractivity contribution is -0.385. The van der Waals surface area contributed by atoms with Crippen LogP contribution in [0.4, 0.5) is 10.1 Å². The fourth-order valence-corrected chi connectivity index (χ4v) is 2.01. The first-order valence-corrected chi connectivity index (χ1v) is 6.34. The highest BCUT2D eigenvalue weighted by Crippen LogP contribution is 2.26. The minimum absolute atomic E-state index is 0.116. The first kappa shape index (κ1) is 15.2. The molecule has 7 heteroatoms. The molecule has 21 heavy (non-hydrogen) atoms. The van der Waals surface area contributed by atoms with E-state index < -0.39 is 17.3 Å². The van der Waals surface area contributed by atoms with Crippen molar-refractivity contribution in [2.24, 2.45) is 0 Å². The van der Waals surface area contributed by atoms with Crippen LogP contribution in [0.1, 0.15) is 11.1 Å². The van der Waals surface area contributed by atoms with Gasteiger partial charge in [0.1, 0.15) is 18.2 Å². The van der Waals surface area contributed by atoms with E-state index in [1.807, 2.05) is 0 Å². The van der Waals surface area contributed by atoms with Gasteiger partial charge >= 0.3 is 0 Å². The Kier molecular flexibility index (Phi) is 4.72. The molecule has 0 unspecified atom stereocenters. The summed E-state index contributed by atoms with van der Waals surface area (Å²) in [4.78, 5) is 10.4. The Hall–Kier alpha value is -2.18. The summed E-state index contributed by atoms with van der Waals surface area (Å²) in [5, 5.41) is 20.4. The van der Waals surface area contributed by atoms with Gasteiger partial charge in [0.05, 0.1) is 17.1 Å². The van der Waals surface area contributed by atoms with Crippen LogP contribution in [-0.2, 0) is 13.2 Å². The Morgan fingerprint density at radius 3 is 2.67 bits per heavy atom. The second-order valence-electron chi connectivity index (χ2n) is 4.23. The Morgan fingerprint density at radius 2 is 2.00 bits per heavy atom. The van der Waals surface area contributed by atoms with Gasteiger partial charge in [-0.15, -0.1) is 0 Å². The second kappa shape index (κ2) is 6.51. The average molecular weight is 312 g/mol. The van der Waals surface area contributed by atoms with Crippen molar-refractivity contribution in [1.82, 2.24) is 0 Å². The average Bonchev–Trinajstić information content (AvgIpc) is 2.45. The highest BCUT2D eigenvalue weighted by atomic mass is 35.5. The van der Waals surface area contributed by atoms with Crippen molar-refractivity contribution < 1.29 is 19.2 Å². The van der Waals surface area contributed by atoms with Crippen molar-refractivity contribution in [1.29, 1.82) is 0 Å². The fourth-order valence-electron chi connectivity index (χ4n) is 1.82. The molecule has 0 amide bonds. The summed E-state index contributed by atoms with van der Waals surface area (Å²) in [5.74, 6) is -0.242. The first-order valence-electron chi connectivity index (χ1n) is 5.96. The van der Waals surface area contributed by atoms with Gasteiger partial charge < -0.3 is 9.84 Å². The van der Waals surface area contributed by atoms with E-state index in [-0.39, 0.29) is 23.6 Å². The summed E-state index contributed by atoms with van der Waals surface area (Å²) < 4.78 is 18.5. The van der Waals surface area contributed by atoms with Gasteiger partial charge in [-0.25, -0.2) is 4.39 Å². The zero-order chi connectivity index (χ0) is 15.4. The van der Waals surface area contributed by atoms with E-state index >= 15 is 0 Å². The summed E-state index contributed by atoms with van der Waals surface area (Å²) >= 11 is 5.81. The van der Waals surface area contributed by atoms with Crippen LogP contribution in [0.15, 0.2) is 36.4 Å². The van der Waals surface area contributed by atoms with Gasteiger partial charge in [0.2, 0.25) is 0 Å². The van der Waals surface area contributed by atoms with Crippen molar-refractivity contribution in [3.63, 3.8) is 0 Å². The molecule has 0 aliphatic heterocycles. The number of nitro groups is 1. The van der Waals surface area contributed by atoms with Crippen molar-refractivity contribution in [2.75, 3.05) is 0 Å². The predicted octanol–water partition coefficient (Wildman–Crippen LogP) is 3.46. The molecule has 0 aliphatic carbocycles. The Labute approximate surface area is 124 Å². The number of ether oxygens (including phenoxy) is 1. The van der Waals surface area contributed by atoms with Gasteiger partial charge in [0, 0.05) is 16.7 Å². The largest absolute Gasteiger partial charge is 0.488 e. The van der Waals surface area contributed by atoms with E-state index in [1.54, 1.807) is 0 Å². The summed E-state index contributed by atoms with van der Waals surface area (Å²) in [6, 6.07) is 7.82. The lowest BCUT2D eigenvalue weighted by Gasteiger charge is -2.10. The van der Waals surface area contributed by atoms with Crippen LogP contribution in [-0.4, -0.2) is 10.0 Å². The van der Waals surface area contributed by atoms with Crippen LogP contribution in [0.2, 0.25) is 5.02 Å². The topological polar surface area (TPSA) is 72.6 Å². The number of aliphatic hydroxyl groups excluding tert-OH is 1. The molecular weight excluding hydrogens is 301 g/mol. The van der Waals surface area contributed by atoms with E-state index in [9.17, 15) is 14.5 Å². The van der Waals surface area contributed by atoms with Gasteiger partial charge in [0.15, 0.2) is 0 Å².